The molecule has 2 aromatic carbocycles. The first kappa shape index (κ1) is 23.2. The summed E-state index contributed by atoms with van der Waals surface area (Å²) in [6.45, 7) is 0.569. The molecule has 2 aromatic heterocycles. The lowest BCUT2D eigenvalue weighted by Crippen LogP contribution is -2.23. The predicted molar refractivity (Wildman–Crippen MR) is 117 cm³/mol. The number of alkyl halides is 3. The molecule has 0 radical (unpaired) electrons. The summed E-state index contributed by atoms with van der Waals surface area (Å²) >= 11 is 1.01. The van der Waals surface area contributed by atoms with Crippen molar-refractivity contribution < 1.29 is 31.9 Å². The second-order valence-electron chi connectivity index (χ2n) is 7.11. The minimum absolute atomic E-state index is 0.00595. The minimum Gasteiger partial charge on any atom is -0.458 e. The van der Waals surface area contributed by atoms with Gasteiger partial charge in [0.2, 0.25) is 5.91 Å². The number of nitrogens with zero attached hydrogens (tertiary/aromatic N) is 3. The van der Waals surface area contributed by atoms with Crippen LogP contribution in [0.25, 0.3) is 11.1 Å². The van der Waals surface area contributed by atoms with Gasteiger partial charge in [-0.1, -0.05) is 18.2 Å². The lowest BCUT2D eigenvalue weighted by atomic mass is 10.2. The van der Waals surface area contributed by atoms with E-state index in [-0.39, 0.29) is 29.7 Å². The molecular formula is C22H16F3N3O5S. The van der Waals surface area contributed by atoms with E-state index >= 15 is 0 Å². The number of oxazole rings is 1. The molecule has 1 amide bonds. The Balaban J connectivity index is 1.47. The average Bonchev–Trinajstić information content (AvgIpc) is 3.36. The number of halogens is 3. The van der Waals surface area contributed by atoms with E-state index < -0.39 is 29.4 Å². The van der Waals surface area contributed by atoms with Gasteiger partial charge in [-0.15, -0.1) is 11.3 Å². The minimum atomic E-state index is -4.57. The van der Waals surface area contributed by atoms with Gasteiger partial charge in [-0.25, -0.2) is 9.78 Å². The van der Waals surface area contributed by atoms with Crippen molar-refractivity contribution in [2.45, 2.75) is 26.3 Å². The van der Waals surface area contributed by atoms with E-state index in [0.29, 0.717) is 11.1 Å². The largest absolute Gasteiger partial charge is 0.458 e. The number of fused-ring (bicyclic) bond motifs is 1. The van der Waals surface area contributed by atoms with Crippen molar-refractivity contribution in [3.05, 3.63) is 75.7 Å². The summed E-state index contributed by atoms with van der Waals surface area (Å²) in [6, 6.07) is 10.9. The van der Waals surface area contributed by atoms with Gasteiger partial charge in [-0.05, 0) is 30.3 Å². The third kappa shape index (κ3) is 4.86. The molecule has 0 saturated carbocycles. The van der Waals surface area contributed by atoms with Crippen molar-refractivity contribution >= 4 is 45.1 Å². The zero-order chi connectivity index (χ0) is 24.5. The van der Waals surface area contributed by atoms with Crippen LogP contribution in [0.2, 0.25) is 0 Å². The smallest absolute Gasteiger partial charge is 0.420 e. The van der Waals surface area contributed by atoms with Crippen molar-refractivity contribution in [2.24, 2.45) is 0 Å². The maximum atomic E-state index is 13.1. The van der Waals surface area contributed by atoms with Crippen LogP contribution in [-0.2, 0) is 33.7 Å². The molecule has 0 aliphatic heterocycles. The highest BCUT2D eigenvalue weighted by Gasteiger charge is 2.31. The van der Waals surface area contributed by atoms with Gasteiger partial charge in [-0.3, -0.25) is 19.1 Å². The number of rotatable bonds is 6. The highest BCUT2D eigenvalue weighted by atomic mass is 32.1. The summed E-state index contributed by atoms with van der Waals surface area (Å²) in [6.07, 6.45) is -4.57. The Morgan fingerprint density at radius 1 is 1.18 bits per heavy atom. The van der Waals surface area contributed by atoms with E-state index in [2.05, 4.69) is 4.98 Å². The van der Waals surface area contributed by atoms with Crippen LogP contribution in [0, 0.1) is 0 Å². The lowest BCUT2D eigenvalue weighted by Gasteiger charge is -2.19. The fraction of sp³-hybridized carbons (Fsp3) is 0.182. The second kappa shape index (κ2) is 9.14. The van der Waals surface area contributed by atoms with E-state index in [9.17, 15) is 27.6 Å². The molecular weight excluding hydrogens is 475 g/mol. The van der Waals surface area contributed by atoms with Crippen molar-refractivity contribution in [3.8, 4) is 0 Å². The Kier molecular flexibility index (Phi) is 6.24. The zero-order valence-electron chi connectivity index (χ0n) is 17.5. The molecule has 0 unspecified atom stereocenters. The topological polar surface area (TPSA) is 94.6 Å². The number of thiazole rings is 1. The van der Waals surface area contributed by atoms with E-state index in [1.807, 2.05) is 0 Å². The number of benzene rings is 2. The highest BCUT2D eigenvalue weighted by Crippen LogP contribution is 2.35. The standard InChI is InChI=1S/C22H16F3N3O5S/c1-13(29)28(16-6-4-5-14(9-16)22(23,24)25)20-26-15(12-34-20)11-32-19(30)10-27-17-7-2-3-8-18(17)33-21(27)31/h2-9,12H,10-11H2,1H3. The molecule has 0 N–H and O–H groups in total. The predicted octanol–water partition coefficient (Wildman–Crippen LogP) is 4.50. The maximum Gasteiger partial charge on any atom is 0.420 e. The lowest BCUT2D eigenvalue weighted by molar-refractivity contribution is -0.145. The van der Waals surface area contributed by atoms with Crippen molar-refractivity contribution in [1.29, 1.82) is 0 Å². The molecule has 0 atom stereocenters. The quantitative estimate of drug-likeness (QED) is 0.369. The van der Waals surface area contributed by atoms with Gasteiger partial charge in [0, 0.05) is 12.3 Å². The van der Waals surface area contributed by atoms with Crippen LogP contribution < -0.4 is 10.7 Å². The number of aromatic nitrogens is 2. The van der Waals surface area contributed by atoms with E-state index in [1.54, 1.807) is 24.3 Å². The zero-order valence-corrected chi connectivity index (χ0v) is 18.4. The monoisotopic (exact) mass is 491 g/mol. The number of hydrogen-bond acceptors (Lipinski definition) is 7. The number of ether oxygens (including phenoxy) is 1. The Bertz CT molecular complexity index is 1420. The van der Waals surface area contributed by atoms with Crippen LogP contribution in [0.15, 0.2) is 63.1 Å². The van der Waals surface area contributed by atoms with Gasteiger partial charge in [0.1, 0.15) is 13.2 Å². The summed E-state index contributed by atoms with van der Waals surface area (Å²) < 4.78 is 50.6. The first-order valence-corrected chi connectivity index (χ1v) is 10.7. The Labute approximate surface area is 193 Å². The van der Waals surface area contributed by atoms with Crippen LogP contribution in [0.4, 0.5) is 24.0 Å². The summed E-state index contributed by atoms with van der Waals surface area (Å²) in [5.74, 6) is -1.96. The first-order chi connectivity index (χ1) is 16.1. The van der Waals surface area contributed by atoms with E-state index in [4.69, 9.17) is 9.15 Å². The molecule has 2 heterocycles. The fourth-order valence-electron chi connectivity index (χ4n) is 3.21. The van der Waals surface area contributed by atoms with Gasteiger partial charge in [0.05, 0.1) is 22.5 Å². The van der Waals surface area contributed by atoms with Crippen LogP contribution in [0.5, 0.6) is 0 Å². The number of esters is 1. The highest BCUT2D eigenvalue weighted by molar-refractivity contribution is 7.14. The molecule has 8 nitrogen and oxygen atoms in total. The van der Waals surface area contributed by atoms with Gasteiger partial charge in [0.15, 0.2) is 10.7 Å². The van der Waals surface area contributed by atoms with Gasteiger partial charge >= 0.3 is 17.9 Å². The van der Waals surface area contributed by atoms with Crippen LogP contribution in [0.3, 0.4) is 0 Å². The summed E-state index contributed by atoms with van der Waals surface area (Å²) in [4.78, 5) is 41.7. The number of para-hydroxylation sites is 2. The Morgan fingerprint density at radius 2 is 1.94 bits per heavy atom. The van der Waals surface area contributed by atoms with E-state index in [0.717, 1.165) is 32.9 Å². The van der Waals surface area contributed by atoms with Crippen LogP contribution >= 0.6 is 11.3 Å². The molecule has 176 valence electrons. The third-order valence-electron chi connectivity index (χ3n) is 4.72. The maximum absolute atomic E-state index is 13.1. The van der Waals surface area contributed by atoms with Crippen LogP contribution in [-0.4, -0.2) is 21.4 Å². The number of hydrogen-bond donors (Lipinski definition) is 0. The third-order valence-corrected chi connectivity index (χ3v) is 5.59. The van der Waals surface area contributed by atoms with Crippen molar-refractivity contribution in [3.63, 3.8) is 0 Å². The molecule has 0 bridgehead atoms. The first-order valence-electron chi connectivity index (χ1n) is 9.80. The van der Waals surface area contributed by atoms with Crippen LogP contribution in [0.1, 0.15) is 18.2 Å². The number of anilines is 2. The molecule has 0 fully saturated rings. The average molecular weight is 491 g/mol. The normalized spacial score (nSPS) is 11.5. The van der Waals surface area contributed by atoms with Gasteiger partial charge in [-0.2, -0.15) is 13.2 Å². The summed E-state index contributed by atoms with van der Waals surface area (Å²) in [5.41, 5.74) is 0.174. The van der Waals surface area contributed by atoms with Crippen molar-refractivity contribution in [2.75, 3.05) is 4.90 Å². The number of carbonyl (C=O) groups is 2. The molecule has 4 aromatic rings. The Morgan fingerprint density at radius 3 is 2.68 bits per heavy atom. The SMILES string of the molecule is CC(=O)N(c1cccc(C(F)(F)F)c1)c1nc(COC(=O)Cn2c(=O)oc3ccccc32)cs1. The molecule has 4 rings (SSSR count). The van der Waals surface area contributed by atoms with Gasteiger partial charge < -0.3 is 9.15 Å². The molecule has 0 aliphatic rings. The van der Waals surface area contributed by atoms with E-state index in [1.165, 1.54) is 24.4 Å². The Hall–Kier alpha value is -3.93. The molecule has 0 spiro atoms. The number of amides is 1. The molecule has 0 saturated heterocycles. The molecule has 12 heteroatoms. The number of carbonyl (C=O) groups excluding carboxylic acids is 2. The summed E-state index contributed by atoms with van der Waals surface area (Å²) in [7, 11) is 0. The second-order valence-corrected chi connectivity index (χ2v) is 7.94. The fourth-order valence-corrected chi connectivity index (χ4v) is 4.08. The van der Waals surface area contributed by atoms with Gasteiger partial charge in [0.25, 0.3) is 0 Å². The summed E-state index contributed by atoms with van der Waals surface area (Å²) in [5, 5.41) is 1.64. The van der Waals surface area contributed by atoms with Crippen molar-refractivity contribution in [1.82, 2.24) is 9.55 Å². The molecule has 34 heavy (non-hydrogen) atoms. The molecule has 0 aliphatic carbocycles.